The summed E-state index contributed by atoms with van der Waals surface area (Å²) in [6.45, 7) is 7.64. The smallest absolute Gasteiger partial charge is 0.227 e. The first-order valence-electron chi connectivity index (χ1n) is 8.53. The summed E-state index contributed by atoms with van der Waals surface area (Å²) < 4.78 is 0. The Kier molecular flexibility index (Phi) is 4.64. The van der Waals surface area contributed by atoms with Crippen molar-refractivity contribution in [1.29, 1.82) is 0 Å². The largest absolute Gasteiger partial charge is 0.343 e. The second-order valence-electron chi connectivity index (χ2n) is 7.54. The van der Waals surface area contributed by atoms with E-state index in [2.05, 4.69) is 19.9 Å². The Balaban J connectivity index is 1.62. The lowest BCUT2D eigenvalue weighted by molar-refractivity contribution is -0.141. The van der Waals surface area contributed by atoms with E-state index in [1.165, 1.54) is 0 Å². The molecular weight excluding hydrogens is 302 g/mol. The summed E-state index contributed by atoms with van der Waals surface area (Å²) in [6.07, 6.45) is 10.1. The van der Waals surface area contributed by atoms with Crippen LogP contribution in [0.15, 0.2) is 24.8 Å². The number of rotatable bonds is 3. The lowest BCUT2D eigenvalue weighted by Gasteiger charge is -2.36. The van der Waals surface area contributed by atoms with Crippen LogP contribution in [0.3, 0.4) is 0 Å². The first kappa shape index (κ1) is 16.6. The van der Waals surface area contributed by atoms with Crippen LogP contribution in [0.5, 0.6) is 0 Å². The van der Waals surface area contributed by atoms with Crippen molar-refractivity contribution in [2.75, 3.05) is 13.1 Å². The molecule has 1 N–H and O–H groups in total. The summed E-state index contributed by atoms with van der Waals surface area (Å²) in [5.41, 5.74) is 1.41. The Bertz CT molecular complexity index is 672. The molecule has 1 amide bonds. The van der Waals surface area contributed by atoms with Gasteiger partial charge in [0.05, 0.1) is 11.9 Å². The van der Waals surface area contributed by atoms with Crippen molar-refractivity contribution >= 4 is 5.91 Å². The van der Waals surface area contributed by atoms with E-state index in [9.17, 15) is 4.79 Å². The normalized spacial score (nSPS) is 18.6. The fraction of sp³-hybridized carbons (Fsp3) is 0.556. The number of hydrogen-bond acceptors (Lipinski definition) is 4. The molecule has 2 aromatic heterocycles. The van der Waals surface area contributed by atoms with Gasteiger partial charge >= 0.3 is 0 Å². The van der Waals surface area contributed by atoms with E-state index < -0.39 is 0 Å². The number of nitrogens with one attached hydrogen (secondary N) is 1. The highest BCUT2D eigenvalue weighted by molar-refractivity contribution is 5.81. The molecule has 0 saturated carbocycles. The third-order valence-corrected chi connectivity index (χ3v) is 4.39. The van der Waals surface area contributed by atoms with Crippen molar-refractivity contribution in [3.05, 3.63) is 30.5 Å². The molecule has 0 aromatic carbocycles. The molecule has 1 aliphatic rings. The molecule has 6 nitrogen and oxygen atoms in total. The number of amides is 1. The first-order valence-corrected chi connectivity index (χ1v) is 8.53. The van der Waals surface area contributed by atoms with Gasteiger partial charge in [-0.25, -0.2) is 9.97 Å². The van der Waals surface area contributed by atoms with E-state index in [-0.39, 0.29) is 11.3 Å². The van der Waals surface area contributed by atoms with Gasteiger partial charge in [0.1, 0.15) is 5.69 Å². The number of piperidine rings is 1. The number of H-pyrrole nitrogens is 1. The Labute approximate surface area is 142 Å². The molecule has 3 heterocycles. The third-order valence-electron chi connectivity index (χ3n) is 4.39. The van der Waals surface area contributed by atoms with Gasteiger partial charge in [0, 0.05) is 37.1 Å². The SMILES string of the molecule is CC(C)(C)C(=O)N1CCC[C@@H](Cc2cnc(-c3ncc[nH]3)cn2)C1. The minimum absolute atomic E-state index is 0.242. The maximum atomic E-state index is 12.5. The zero-order valence-corrected chi connectivity index (χ0v) is 14.6. The number of nitrogens with zero attached hydrogens (tertiary/aromatic N) is 4. The van der Waals surface area contributed by atoms with Gasteiger partial charge in [0.15, 0.2) is 5.82 Å². The second kappa shape index (κ2) is 6.71. The minimum Gasteiger partial charge on any atom is -0.343 e. The first-order chi connectivity index (χ1) is 11.4. The van der Waals surface area contributed by atoms with Gasteiger partial charge in [-0.2, -0.15) is 0 Å². The summed E-state index contributed by atoms with van der Waals surface area (Å²) in [5, 5.41) is 0. The third kappa shape index (κ3) is 3.80. The molecular formula is C18H25N5O. The molecule has 0 radical (unpaired) electrons. The number of imidazole rings is 1. The summed E-state index contributed by atoms with van der Waals surface area (Å²) in [5.74, 6) is 1.42. The molecule has 0 aliphatic carbocycles. The average molecular weight is 327 g/mol. The van der Waals surface area contributed by atoms with Gasteiger partial charge in [0.25, 0.3) is 0 Å². The fourth-order valence-electron chi connectivity index (χ4n) is 3.17. The van der Waals surface area contributed by atoms with E-state index in [0.29, 0.717) is 5.92 Å². The van der Waals surface area contributed by atoms with Crippen LogP contribution in [-0.2, 0) is 11.2 Å². The van der Waals surface area contributed by atoms with Crippen molar-refractivity contribution in [1.82, 2.24) is 24.8 Å². The maximum absolute atomic E-state index is 12.5. The molecule has 1 atom stereocenters. The summed E-state index contributed by atoms with van der Waals surface area (Å²) in [4.78, 5) is 30.7. The number of likely N-dealkylation sites (tertiary alicyclic amines) is 1. The van der Waals surface area contributed by atoms with Crippen molar-refractivity contribution in [3.63, 3.8) is 0 Å². The predicted octanol–water partition coefficient (Wildman–Crippen LogP) is 2.69. The summed E-state index contributed by atoms with van der Waals surface area (Å²) in [6, 6.07) is 0. The number of aromatic amines is 1. The van der Waals surface area contributed by atoms with Gasteiger partial charge < -0.3 is 9.88 Å². The zero-order chi connectivity index (χ0) is 17.2. The van der Waals surface area contributed by atoms with E-state index in [0.717, 1.165) is 49.6 Å². The fourth-order valence-corrected chi connectivity index (χ4v) is 3.17. The molecule has 2 aromatic rings. The van der Waals surface area contributed by atoms with Crippen molar-refractivity contribution in [2.45, 2.75) is 40.0 Å². The summed E-state index contributed by atoms with van der Waals surface area (Å²) >= 11 is 0. The number of carbonyl (C=O) groups is 1. The Hall–Kier alpha value is -2.24. The number of aromatic nitrogens is 4. The molecule has 1 aliphatic heterocycles. The van der Waals surface area contributed by atoms with Gasteiger partial charge in [-0.3, -0.25) is 9.78 Å². The standard InChI is InChI=1S/C18H25N5O/c1-18(2,3)17(24)23-8-4-5-13(12-23)9-14-10-22-15(11-21-14)16-19-6-7-20-16/h6-7,10-11,13H,4-5,8-9,12H2,1-3H3,(H,19,20)/t13-/m0/s1. The topological polar surface area (TPSA) is 74.8 Å². The van der Waals surface area contributed by atoms with Gasteiger partial charge in [-0.15, -0.1) is 0 Å². The van der Waals surface area contributed by atoms with Crippen LogP contribution in [0.1, 0.15) is 39.3 Å². The Morgan fingerprint density at radius 3 is 2.75 bits per heavy atom. The van der Waals surface area contributed by atoms with Crippen LogP contribution in [0.4, 0.5) is 0 Å². The van der Waals surface area contributed by atoms with Crippen LogP contribution in [0.2, 0.25) is 0 Å². The molecule has 0 bridgehead atoms. The molecule has 0 spiro atoms. The van der Waals surface area contributed by atoms with Gasteiger partial charge in [0.2, 0.25) is 5.91 Å². The molecule has 0 unspecified atom stereocenters. The number of hydrogen-bond donors (Lipinski definition) is 1. The highest BCUT2D eigenvalue weighted by Crippen LogP contribution is 2.25. The van der Waals surface area contributed by atoms with Crippen molar-refractivity contribution in [3.8, 4) is 11.5 Å². The molecule has 6 heteroatoms. The minimum atomic E-state index is -0.313. The lowest BCUT2D eigenvalue weighted by Crippen LogP contribution is -2.45. The van der Waals surface area contributed by atoms with E-state index >= 15 is 0 Å². The van der Waals surface area contributed by atoms with E-state index in [4.69, 9.17) is 0 Å². The summed E-state index contributed by atoms with van der Waals surface area (Å²) in [7, 11) is 0. The predicted molar refractivity (Wildman–Crippen MR) is 92.1 cm³/mol. The highest BCUT2D eigenvalue weighted by atomic mass is 16.2. The molecule has 1 saturated heterocycles. The highest BCUT2D eigenvalue weighted by Gasteiger charge is 2.31. The molecule has 3 rings (SSSR count). The van der Waals surface area contributed by atoms with Crippen LogP contribution in [0, 0.1) is 11.3 Å². The quantitative estimate of drug-likeness (QED) is 0.940. The Morgan fingerprint density at radius 2 is 2.12 bits per heavy atom. The van der Waals surface area contributed by atoms with E-state index in [1.807, 2.05) is 31.9 Å². The average Bonchev–Trinajstić information content (AvgIpc) is 3.09. The van der Waals surface area contributed by atoms with E-state index in [1.54, 1.807) is 18.6 Å². The molecule has 128 valence electrons. The van der Waals surface area contributed by atoms with Crippen molar-refractivity contribution < 1.29 is 4.79 Å². The van der Waals surface area contributed by atoms with Gasteiger partial charge in [-0.1, -0.05) is 20.8 Å². The maximum Gasteiger partial charge on any atom is 0.227 e. The number of carbonyl (C=O) groups excluding carboxylic acids is 1. The molecule has 1 fully saturated rings. The van der Waals surface area contributed by atoms with Crippen LogP contribution in [0.25, 0.3) is 11.5 Å². The van der Waals surface area contributed by atoms with Crippen LogP contribution in [-0.4, -0.2) is 43.8 Å². The van der Waals surface area contributed by atoms with Gasteiger partial charge in [-0.05, 0) is 25.2 Å². The second-order valence-corrected chi connectivity index (χ2v) is 7.54. The zero-order valence-electron chi connectivity index (χ0n) is 14.6. The van der Waals surface area contributed by atoms with Crippen molar-refractivity contribution in [2.24, 2.45) is 11.3 Å². The Morgan fingerprint density at radius 1 is 1.29 bits per heavy atom. The van der Waals surface area contributed by atoms with Crippen LogP contribution >= 0.6 is 0 Å². The molecule has 24 heavy (non-hydrogen) atoms. The van der Waals surface area contributed by atoms with Crippen LogP contribution < -0.4 is 0 Å². The monoisotopic (exact) mass is 327 g/mol. The lowest BCUT2D eigenvalue weighted by atomic mass is 9.89.